The summed E-state index contributed by atoms with van der Waals surface area (Å²) < 4.78 is 0. The van der Waals surface area contributed by atoms with E-state index in [1.807, 2.05) is 17.1 Å². The lowest BCUT2D eigenvalue weighted by Gasteiger charge is -2.13. The zero-order valence-electron chi connectivity index (χ0n) is 10.3. The van der Waals surface area contributed by atoms with Crippen LogP contribution in [0.25, 0.3) is 6.08 Å². The van der Waals surface area contributed by atoms with E-state index in [-0.39, 0.29) is 0 Å². The summed E-state index contributed by atoms with van der Waals surface area (Å²) in [5, 5.41) is 11.2. The van der Waals surface area contributed by atoms with E-state index in [2.05, 4.69) is 26.8 Å². The van der Waals surface area contributed by atoms with E-state index in [1.54, 1.807) is 17.4 Å². The molecule has 0 aliphatic carbocycles. The van der Waals surface area contributed by atoms with Gasteiger partial charge in [0.25, 0.3) is 0 Å². The summed E-state index contributed by atoms with van der Waals surface area (Å²) in [6, 6.07) is 2.06. The summed E-state index contributed by atoms with van der Waals surface area (Å²) in [6.45, 7) is 6.70. The molecule has 1 atom stereocenters. The van der Waals surface area contributed by atoms with Crippen molar-refractivity contribution in [3.05, 3.63) is 28.0 Å². The van der Waals surface area contributed by atoms with Crippen molar-refractivity contribution in [3.8, 4) is 0 Å². The molecular weight excluding hydrogens is 252 g/mol. The summed E-state index contributed by atoms with van der Waals surface area (Å²) in [5.74, 6) is 0.789. The molecule has 0 bridgehead atoms. The normalized spacial score (nSPS) is 13.4. The molecule has 2 nitrogen and oxygen atoms in total. The molecule has 0 fully saturated rings. The van der Waals surface area contributed by atoms with Crippen molar-refractivity contribution in [2.45, 2.75) is 31.8 Å². The first-order valence-electron chi connectivity index (χ1n) is 5.59. The van der Waals surface area contributed by atoms with E-state index in [0.29, 0.717) is 11.2 Å². The van der Waals surface area contributed by atoms with Gasteiger partial charge in [-0.15, -0.1) is 11.3 Å². The van der Waals surface area contributed by atoms with Crippen molar-refractivity contribution in [3.63, 3.8) is 0 Å². The molecule has 1 aromatic heterocycles. The Bertz CT molecular complexity index is 394. The van der Waals surface area contributed by atoms with Gasteiger partial charge in [0.1, 0.15) is 0 Å². The summed E-state index contributed by atoms with van der Waals surface area (Å²) in [5.41, 5.74) is 0.977. The predicted molar refractivity (Wildman–Crippen MR) is 76.6 cm³/mol. The molecule has 0 aliphatic heterocycles. The number of rotatable bonds is 6. The minimum Gasteiger partial charge on any atom is -0.478 e. The zero-order valence-corrected chi connectivity index (χ0v) is 12.0. The van der Waals surface area contributed by atoms with Gasteiger partial charge in [-0.25, -0.2) is 4.79 Å². The summed E-state index contributed by atoms with van der Waals surface area (Å²) in [4.78, 5) is 11.7. The van der Waals surface area contributed by atoms with Crippen LogP contribution in [-0.4, -0.2) is 16.3 Å². The third-order valence-corrected chi connectivity index (χ3v) is 5.21. The van der Waals surface area contributed by atoms with Crippen LogP contribution in [0, 0.1) is 5.92 Å². The molecule has 0 aliphatic rings. The molecule has 0 spiro atoms. The standard InChI is InChI=1S/C13H18O2S2/c1-9(2)10(3)16-8-12-6-11(7-17-12)4-5-13(14)15/h4-7,9-10H,8H2,1-3H3,(H,14,15)/b5-4+. The highest BCUT2D eigenvalue weighted by Gasteiger charge is 2.08. The van der Waals surface area contributed by atoms with Crippen molar-refractivity contribution in [2.24, 2.45) is 5.92 Å². The number of hydrogen-bond donors (Lipinski definition) is 1. The molecular formula is C13H18O2S2. The van der Waals surface area contributed by atoms with E-state index in [1.165, 1.54) is 11.0 Å². The van der Waals surface area contributed by atoms with Crippen molar-refractivity contribution < 1.29 is 9.90 Å². The number of aliphatic carboxylic acids is 1. The molecule has 94 valence electrons. The van der Waals surface area contributed by atoms with Crippen LogP contribution in [0.2, 0.25) is 0 Å². The van der Waals surface area contributed by atoms with Gasteiger partial charge in [-0.2, -0.15) is 11.8 Å². The van der Waals surface area contributed by atoms with Crippen molar-refractivity contribution in [2.75, 3.05) is 0 Å². The molecule has 1 aromatic rings. The topological polar surface area (TPSA) is 37.3 Å². The first-order valence-corrected chi connectivity index (χ1v) is 7.52. The molecule has 1 unspecified atom stereocenters. The van der Waals surface area contributed by atoms with Crippen molar-refractivity contribution >= 4 is 35.1 Å². The van der Waals surface area contributed by atoms with Crippen molar-refractivity contribution in [1.29, 1.82) is 0 Å². The van der Waals surface area contributed by atoms with Crippen LogP contribution in [0.4, 0.5) is 0 Å². The van der Waals surface area contributed by atoms with Gasteiger partial charge in [-0.1, -0.05) is 20.8 Å². The van der Waals surface area contributed by atoms with E-state index >= 15 is 0 Å². The Morgan fingerprint density at radius 1 is 1.53 bits per heavy atom. The van der Waals surface area contributed by atoms with E-state index in [4.69, 9.17) is 5.11 Å². The SMILES string of the molecule is CC(C)C(C)SCc1cc(/C=C/C(=O)O)cs1. The maximum Gasteiger partial charge on any atom is 0.328 e. The molecule has 1 N–H and O–H groups in total. The fraction of sp³-hybridized carbons (Fsp3) is 0.462. The van der Waals surface area contributed by atoms with Gasteiger partial charge in [0.05, 0.1) is 0 Å². The highest BCUT2D eigenvalue weighted by atomic mass is 32.2. The molecule has 0 amide bonds. The highest BCUT2D eigenvalue weighted by Crippen LogP contribution is 2.26. The lowest BCUT2D eigenvalue weighted by Crippen LogP contribution is -2.05. The van der Waals surface area contributed by atoms with Crippen LogP contribution in [0.15, 0.2) is 17.5 Å². The maximum absolute atomic E-state index is 10.4. The number of hydrogen-bond acceptors (Lipinski definition) is 3. The van der Waals surface area contributed by atoms with Gasteiger partial charge in [0, 0.05) is 22.0 Å². The number of thioether (sulfide) groups is 1. The van der Waals surface area contributed by atoms with Crippen LogP contribution in [-0.2, 0) is 10.5 Å². The fourth-order valence-corrected chi connectivity index (χ4v) is 3.14. The van der Waals surface area contributed by atoms with Gasteiger partial charge < -0.3 is 5.11 Å². The quantitative estimate of drug-likeness (QED) is 0.790. The van der Waals surface area contributed by atoms with E-state index < -0.39 is 5.97 Å². The predicted octanol–water partition coefficient (Wildman–Crippen LogP) is 4.12. The summed E-state index contributed by atoms with van der Waals surface area (Å²) in [6.07, 6.45) is 2.81. The molecule has 0 radical (unpaired) electrons. The second-order valence-corrected chi connectivity index (χ2v) is 6.64. The summed E-state index contributed by atoms with van der Waals surface area (Å²) >= 11 is 3.64. The summed E-state index contributed by atoms with van der Waals surface area (Å²) in [7, 11) is 0. The average Bonchev–Trinajstić information content (AvgIpc) is 2.70. The molecule has 17 heavy (non-hydrogen) atoms. The van der Waals surface area contributed by atoms with Crippen LogP contribution >= 0.6 is 23.1 Å². The lowest BCUT2D eigenvalue weighted by atomic mass is 10.2. The van der Waals surface area contributed by atoms with Crippen LogP contribution in [0.3, 0.4) is 0 Å². The van der Waals surface area contributed by atoms with Gasteiger partial charge in [-0.05, 0) is 29.0 Å². The fourth-order valence-electron chi connectivity index (χ4n) is 1.13. The van der Waals surface area contributed by atoms with Crippen molar-refractivity contribution in [1.82, 2.24) is 0 Å². The second kappa shape index (κ2) is 6.87. The number of carbonyl (C=O) groups is 1. The lowest BCUT2D eigenvalue weighted by molar-refractivity contribution is -0.131. The van der Waals surface area contributed by atoms with E-state index in [0.717, 1.165) is 11.3 Å². The van der Waals surface area contributed by atoms with Crippen LogP contribution in [0.1, 0.15) is 31.2 Å². The molecule has 1 heterocycles. The Morgan fingerprint density at radius 2 is 2.24 bits per heavy atom. The largest absolute Gasteiger partial charge is 0.478 e. The van der Waals surface area contributed by atoms with Gasteiger partial charge >= 0.3 is 5.97 Å². The Kier molecular flexibility index (Phi) is 5.78. The molecule has 4 heteroatoms. The number of carboxylic acid groups (broad SMARTS) is 1. The van der Waals surface area contributed by atoms with Crippen LogP contribution in [0.5, 0.6) is 0 Å². The zero-order chi connectivity index (χ0) is 12.8. The average molecular weight is 270 g/mol. The third kappa shape index (κ3) is 5.41. The minimum absolute atomic E-state index is 0.648. The Balaban J connectivity index is 2.48. The van der Waals surface area contributed by atoms with Gasteiger partial charge in [-0.3, -0.25) is 0 Å². The second-order valence-electron chi connectivity index (χ2n) is 4.28. The first kappa shape index (κ1) is 14.3. The van der Waals surface area contributed by atoms with Crippen LogP contribution < -0.4 is 0 Å². The third-order valence-electron chi connectivity index (χ3n) is 2.52. The number of thiophene rings is 1. The number of carboxylic acids is 1. The highest BCUT2D eigenvalue weighted by molar-refractivity contribution is 7.99. The Labute approximate surface area is 111 Å². The smallest absolute Gasteiger partial charge is 0.328 e. The minimum atomic E-state index is -0.902. The van der Waals surface area contributed by atoms with E-state index in [9.17, 15) is 4.79 Å². The Hall–Kier alpha value is -0.740. The molecule has 0 saturated carbocycles. The Morgan fingerprint density at radius 3 is 2.82 bits per heavy atom. The monoisotopic (exact) mass is 270 g/mol. The van der Waals surface area contributed by atoms with Gasteiger partial charge in [0.2, 0.25) is 0 Å². The van der Waals surface area contributed by atoms with Gasteiger partial charge in [0.15, 0.2) is 0 Å². The molecule has 1 rings (SSSR count). The maximum atomic E-state index is 10.4. The first-order chi connectivity index (χ1) is 7.99. The molecule has 0 saturated heterocycles. The molecule has 0 aromatic carbocycles.